The second kappa shape index (κ2) is 16.2. The Morgan fingerprint density at radius 3 is 1.07 bits per heavy atom. The van der Waals surface area contributed by atoms with E-state index in [0.29, 0.717) is 15.8 Å². The quantitative estimate of drug-likeness (QED) is 0.331. The van der Waals surface area contributed by atoms with E-state index in [2.05, 4.69) is 33.6 Å². The Kier molecular flexibility index (Phi) is 23.3. The van der Waals surface area contributed by atoms with Crippen LogP contribution in [-0.4, -0.2) is 39.0 Å². The van der Waals surface area contributed by atoms with Gasteiger partial charge in [0, 0.05) is 0 Å². The molecular formula is C8H21Cl3NoP2-. The second-order valence-corrected chi connectivity index (χ2v) is 17.4. The molecule has 0 aromatic heterocycles. The van der Waals surface area contributed by atoms with Crippen molar-refractivity contribution >= 4 is 53.1 Å². The number of rotatable bonds is 3. The Hall–Kier alpha value is 0.730. The van der Waals surface area contributed by atoms with Crippen LogP contribution in [0.3, 0.4) is 0 Å². The Bertz CT molecular complexity index is 81.9. The van der Waals surface area contributed by atoms with Gasteiger partial charge in [0.25, 0.3) is 0 Å². The predicted octanol–water partition coefficient (Wildman–Crippen LogP) is 5.38. The monoisotopic (exact) mass is 543 g/mol. The number of hydrogen-bond donors (Lipinski definition) is 0. The normalized spacial score (nSPS) is 8.79. The van der Waals surface area contributed by atoms with E-state index in [4.69, 9.17) is 37.2 Å². The van der Waals surface area contributed by atoms with Crippen molar-refractivity contribution in [3.05, 3.63) is 6.92 Å². The molecule has 0 aliphatic heterocycles. The Balaban J connectivity index is -0.000000170. The summed E-state index contributed by atoms with van der Waals surface area (Å²) < 4.78 is -1.83. The van der Waals surface area contributed by atoms with E-state index in [1.165, 1.54) is 12.3 Å². The summed E-state index contributed by atoms with van der Waals surface area (Å²) in [7, 11) is 0.766. The molecule has 0 unspecified atom stereocenters. The fraction of sp³-hybridized carbons (Fsp3) is 0.875. The number of halogens is 3. The third kappa shape index (κ3) is 53.3. The Morgan fingerprint density at radius 2 is 1.00 bits per heavy atom. The molecule has 0 atom stereocenters. The number of hydrogen-bond acceptors (Lipinski definition) is 0. The second-order valence-electron chi connectivity index (χ2n) is 2.72. The molecular weight excluding hydrogens is 523 g/mol. The maximum atomic E-state index is 4.96. The molecule has 0 aromatic carbocycles. The first-order valence-corrected chi connectivity index (χ1v) is 17.0. The van der Waals surface area contributed by atoms with Gasteiger partial charge in [-0.3, -0.25) is 0 Å². The minimum atomic E-state index is -1.83. The molecule has 0 aliphatic rings. The van der Waals surface area contributed by atoms with Crippen LogP contribution in [0.2, 0.25) is 0 Å². The molecule has 0 saturated carbocycles. The van der Waals surface area contributed by atoms with E-state index in [1.54, 1.807) is 6.92 Å². The summed E-state index contributed by atoms with van der Waals surface area (Å²) >= 11 is 14.9. The average Bonchev–Trinajstić information content (AvgIpc) is 2.03. The maximum absolute atomic E-state index is 4.96. The first kappa shape index (κ1) is 20.2. The molecule has 0 fully saturated rings. The van der Waals surface area contributed by atoms with Gasteiger partial charge in [-0.1, -0.05) is 0 Å². The fourth-order valence-electron chi connectivity index (χ4n) is 0.400. The van der Waals surface area contributed by atoms with E-state index < -0.39 is 0 Å². The van der Waals surface area contributed by atoms with E-state index in [9.17, 15) is 0 Å². The van der Waals surface area contributed by atoms with E-state index in [-0.39, 0.29) is 0 Å². The average molecular weight is 545 g/mol. The molecule has 0 amide bonds. The molecule has 6 heteroatoms. The van der Waals surface area contributed by atoms with Gasteiger partial charge in [0.05, 0.1) is 0 Å². The van der Waals surface area contributed by atoms with Crippen molar-refractivity contribution in [3.8, 4) is 0 Å². The third-order valence-electron chi connectivity index (χ3n) is 0.994. The van der Waals surface area contributed by atoms with Gasteiger partial charge in [0.2, 0.25) is 0 Å². The first-order chi connectivity index (χ1) is 6.36. The van der Waals surface area contributed by atoms with Crippen molar-refractivity contribution < 1.29 is 0 Å². The van der Waals surface area contributed by atoms with Crippen molar-refractivity contribution in [1.29, 1.82) is 0 Å². The van der Waals surface area contributed by atoms with Gasteiger partial charge in [-0.25, -0.2) is 0 Å². The molecule has 0 saturated heterocycles. The van der Waals surface area contributed by atoms with E-state index in [1.807, 2.05) is 0 Å². The Labute approximate surface area is 106 Å². The standard InChI is InChI=1S/C6H16P2.C2H5.3ClH.No/c1-7(2)5-6-8(3)4;1-2;;;;/h5-6H2,1-4H3;1H2,2H3;3*1H;/q;-1;;;;+3/p-3. The van der Waals surface area contributed by atoms with Gasteiger partial charge in [0.15, 0.2) is 0 Å². The molecule has 0 aliphatic carbocycles. The molecule has 0 spiro atoms. The topological polar surface area (TPSA) is 0 Å². The van der Waals surface area contributed by atoms with Gasteiger partial charge in [0.1, 0.15) is 0 Å². The van der Waals surface area contributed by atoms with Crippen LogP contribution >= 0.6 is 53.1 Å². The molecule has 14 heavy (non-hydrogen) atoms. The van der Waals surface area contributed by atoms with Crippen molar-refractivity contribution in [3.63, 3.8) is 0 Å². The van der Waals surface area contributed by atoms with E-state index >= 15 is 0 Å². The van der Waals surface area contributed by atoms with Crippen LogP contribution in [0.25, 0.3) is 0 Å². The summed E-state index contributed by atoms with van der Waals surface area (Å²) in [5.74, 6) is 0. The van der Waals surface area contributed by atoms with Gasteiger partial charge in [-0.15, -0.1) is 15.8 Å². The molecule has 0 rings (SSSR count). The molecule has 0 radical (unpaired) electrons. The molecule has 0 heterocycles. The van der Waals surface area contributed by atoms with Crippen molar-refractivity contribution in [2.75, 3.05) is 39.0 Å². The molecule has 0 bridgehead atoms. The van der Waals surface area contributed by atoms with Crippen molar-refractivity contribution in [1.82, 2.24) is 0 Å². The summed E-state index contributed by atoms with van der Waals surface area (Å²) in [6, 6.07) is 0. The molecule has 0 nitrogen and oxygen atoms in total. The van der Waals surface area contributed by atoms with Gasteiger partial charge in [-0.05, 0) is 39.0 Å². The first-order valence-electron chi connectivity index (χ1n) is 3.93. The van der Waals surface area contributed by atoms with Crippen LogP contribution in [0.1, 0.15) is 6.92 Å². The van der Waals surface area contributed by atoms with Crippen LogP contribution < -0.4 is 0 Å². The SMILES string of the molecule is CP(C)CCP(C)C.[CH2-]C.[Cl][No]([Cl])[Cl]. The Morgan fingerprint density at radius 1 is 0.857 bits per heavy atom. The zero-order chi connectivity index (χ0) is 12.1. The summed E-state index contributed by atoms with van der Waals surface area (Å²) in [4.78, 5) is 0. The molecule has 99 valence electrons. The van der Waals surface area contributed by atoms with Crippen LogP contribution in [0, 0.1) is 6.92 Å². The fourth-order valence-corrected chi connectivity index (χ4v) is 3.60. The van der Waals surface area contributed by atoms with Crippen molar-refractivity contribution in [2.24, 2.45) is 0 Å². The van der Waals surface area contributed by atoms with Crippen molar-refractivity contribution in [2.45, 2.75) is 6.92 Å². The zero-order valence-electron chi connectivity index (χ0n) is 9.42. The summed E-state index contributed by atoms with van der Waals surface area (Å²) in [5.41, 5.74) is 0. The van der Waals surface area contributed by atoms with Gasteiger partial charge >= 0.3 is 37.2 Å². The summed E-state index contributed by atoms with van der Waals surface area (Å²) in [6.45, 7) is 14.4. The summed E-state index contributed by atoms with van der Waals surface area (Å²) in [5, 5.41) is 0. The zero-order valence-corrected chi connectivity index (χ0v) is 15.7. The van der Waals surface area contributed by atoms with Crippen LogP contribution in [0.4, 0.5) is 0 Å². The summed E-state index contributed by atoms with van der Waals surface area (Å²) in [6.07, 6.45) is 2.96. The van der Waals surface area contributed by atoms with Crippen LogP contribution in [-0.2, 0) is 0 Å². The van der Waals surface area contributed by atoms with Gasteiger partial charge < -0.3 is 6.92 Å². The minimum absolute atomic E-state index is 0.383. The van der Waals surface area contributed by atoms with Crippen LogP contribution in [0.5, 0.6) is 0 Å². The molecule has 0 aromatic rings. The third-order valence-corrected chi connectivity index (χ3v) is 3.58. The van der Waals surface area contributed by atoms with Gasteiger partial charge in [-0.2, -0.15) is 6.92 Å². The van der Waals surface area contributed by atoms with Crippen LogP contribution in [0.15, 0.2) is 0 Å². The predicted molar refractivity (Wildman–Crippen MR) is 75.9 cm³/mol. The molecule has 0 N–H and O–H groups in total. The van der Waals surface area contributed by atoms with E-state index in [0.717, 1.165) is 0 Å².